The summed E-state index contributed by atoms with van der Waals surface area (Å²) in [6.07, 6.45) is 0.199. The maximum atomic E-state index is 13.2. The van der Waals surface area contributed by atoms with E-state index in [1.165, 1.54) is 24.3 Å². The second-order valence-electron chi connectivity index (χ2n) is 8.11. The fourth-order valence-electron chi connectivity index (χ4n) is 3.86. The first-order valence-corrected chi connectivity index (χ1v) is 10.2. The Morgan fingerprint density at radius 2 is 1.57 bits per heavy atom. The summed E-state index contributed by atoms with van der Waals surface area (Å²) in [5.41, 5.74) is 0.515. The number of nitrogens with one attached hydrogen (secondary N) is 2. The molecular weight excluding hydrogens is 398 g/mol. The normalized spacial score (nSPS) is 21.9. The Kier molecular flexibility index (Phi) is 5.66. The molecule has 4 nitrogen and oxygen atoms in total. The summed E-state index contributed by atoms with van der Waals surface area (Å²) in [5.74, 6) is -0.512. The molecule has 2 aliphatic carbocycles. The van der Waals surface area contributed by atoms with Crippen molar-refractivity contribution in [1.29, 1.82) is 0 Å². The molecular formula is C22H23F4N3O. The smallest absolute Gasteiger partial charge is 0.382 e. The number of anilines is 1. The predicted octanol–water partition coefficient (Wildman–Crippen LogP) is 5.27. The van der Waals surface area contributed by atoms with Gasteiger partial charge in [0.2, 0.25) is 0 Å². The van der Waals surface area contributed by atoms with E-state index in [-0.39, 0.29) is 23.9 Å². The molecule has 4 rings (SSSR count). The van der Waals surface area contributed by atoms with Gasteiger partial charge in [-0.1, -0.05) is 0 Å². The van der Waals surface area contributed by atoms with Crippen LogP contribution in [0.1, 0.15) is 66.2 Å². The van der Waals surface area contributed by atoms with Crippen molar-refractivity contribution in [3.8, 4) is 0 Å². The number of aromatic nitrogens is 1. The third-order valence-corrected chi connectivity index (χ3v) is 5.67. The zero-order valence-electron chi connectivity index (χ0n) is 16.3. The summed E-state index contributed by atoms with van der Waals surface area (Å²) in [4.78, 5) is 16.1. The van der Waals surface area contributed by atoms with E-state index in [1.807, 2.05) is 0 Å². The molecule has 0 bridgehead atoms. The Balaban J connectivity index is 1.34. The van der Waals surface area contributed by atoms with Crippen LogP contribution in [-0.4, -0.2) is 23.0 Å². The summed E-state index contributed by atoms with van der Waals surface area (Å²) in [6.45, 7) is 0. The lowest BCUT2D eigenvalue weighted by molar-refractivity contribution is -0.141. The van der Waals surface area contributed by atoms with E-state index >= 15 is 0 Å². The van der Waals surface area contributed by atoms with E-state index in [2.05, 4.69) is 15.6 Å². The second kappa shape index (κ2) is 8.24. The molecule has 1 amide bonds. The lowest BCUT2D eigenvalue weighted by Crippen LogP contribution is -2.40. The van der Waals surface area contributed by atoms with Gasteiger partial charge in [-0.2, -0.15) is 13.2 Å². The van der Waals surface area contributed by atoms with Crippen LogP contribution in [0.15, 0.2) is 36.4 Å². The highest BCUT2D eigenvalue weighted by Gasteiger charge is 2.35. The highest BCUT2D eigenvalue weighted by Crippen LogP contribution is 2.41. The standard InChI is InChI=1S/C22H23F4N3O/c23-15-5-3-14(4-6-15)21(30)28-17-9-7-16(8-10-17)27-18-11-19(13-1-2-13)29-20(12-18)22(24,25)26/h3-6,11-13,16-17H,1-2,7-10H2,(H,27,29)(H,28,30). The average Bonchev–Trinajstić information content (AvgIpc) is 3.54. The number of carbonyl (C=O) groups is 1. The van der Waals surface area contributed by atoms with Crippen molar-refractivity contribution in [2.24, 2.45) is 0 Å². The highest BCUT2D eigenvalue weighted by molar-refractivity contribution is 5.94. The van der Waals surface area contributed by atoms with Crippen LogP contribution in [0, 0.1) is 5.82 Å². The molecule has 0 spiro atoms. The van der Waals surface area contributed by atoms with Gasteiger partial charge in [-0.15, -0.1) is 0 Å². The fourth-order valence-corrected chi connectivity index (χ4v) is 3.86. The highest BCUT2D eigenvalue weighted by atomic mass is 19.4. The number of hydrogen-bond acceptors (Lipinski definition) is 3. The molecule has 0 aliphatic heterocycles. The van der Waals surface area contributed by atoms with Gasteiger partial charge in [0.25, 0.3) is 5.91 Å². The molecule has 2 N–H and O–H groups in total. The maximum absolute atomic E-state index is 13.2. The van der Waals surface area contributed by atoms with E-state index in [1.54, 1.807) is 6.07 Å². The Hall–Kier alpha value is -2.64. The summed E-state index contributed by atoms with van der Waals surface area (Å²) >= 11 is 0. The van der Waals surface area contributed by atoms with Gasteiger partial charge in [0.05, 0.1) is 0 Å². The second-order valence-corrected chi connectivity index (χ2v) is 8.11. The van der Waals surface area contributed by atoms with E-state index in [0.29, 0.717) is 16.9 Å². The van der Waals surface area contributed by atoms with Gasteiger partial charge in [-0.05, 0) is 74.9 Å². The number of amides is 1. The maximum Gasteiger partial charge on any atom is 0.433 e. The summed E-state index contributed by atoms with van der Waals surface area (Å²) in [5, 5.41) is 6.19. The van der Waals surface area contributed by atoms with E-state index in [0.717, 1.165) is 44.6 Å². The average molecular weight is 421 g/mol. The molecule has 2 saturated carbocycles. The fraction of sp³-hybridized carbons (Fsp3) is 0.455. The van der Waals surface area contributed by atoms with E-state index < -0.39 is 17.7 Å². The zero-order valence-corrected chi connectivity index (χ0v) is 16.3. The summed E-state index contributed by atoms with van der Waals surface area (Å²) < 4.78 is 52.6. The number of halogens is 4. The molecule has 0 atom stereocenters. The van der Waals surface area contributed by atoms with Crippen LogP contribution in [0.3, 0.4) is 0 Å². The lowest BCUT2D eigenvalue weighted by atomic mass is 9.90. The largest absolute Gasteiger partial charge is 0.433 e. The number of alkyl halides is 3. The van der Waals surface area contributed by atoms with Crippen LogP contribution in [0.5, 0.6) is 0 Å². The molecule has 30 heavy (non-hydrogen) atoms. The van der Waals surface area contributed by atoms with Crippen LogP contribution < -0.4 is 10.6 Å². The monoisotopic (exact) mass is 421 g/mol. The van der Waals surface area contributed by atoms with E-state index in [4.69, 9.17) is 0 Å². The third kappa shape index (κ3) is 5.09. The number of nitrogens with zero attached hydrogens (tertiary/aromatic N) is 1. The van der Waals surface area contributed by atoms with Gasteiger partial charge in [0.1, 0.15) is 11.5 Å². The van der Waals surface area contributed by atoms with Gasteiger partial charge in [-0.3, -0.25) is 4.79 Å². The number of pyridine rings is 1. The van der Waals surface area contributed by atoms with Crippen LogP contribution in [0.25, 0.3) is 0 Å². The van der Waals surface area contributed by atoms with Crippen molar-refractivity contribution in [1.82, 2.24) is 10.3 Å². The molecule has 2 aliphatic rings. The minimum atomic E-state index is -4.47. The van der Waals surface area contributed by atoms with Crippen LogP contribution in [-0.2, 0) is 6.18 Å². The minimum Gasteiger partial charge on any atom is -0.382 e. The summed E-state index contributed by atoms with van der Waals surface area (Å²) in [6, 6.07) is 8.22. The molecule has 1 aromatic heterocycles. The topological polar surface area (TPSA) is 54.0 Å². The Bertz CT molecular complexity index is 902. The quantitative estimate of drug-likeness (QED) is 0.647. The van der Waals surface area contributed by atoms with Gasteiger partial charge < -0.3 is 10.6 Å². The number of hydrogen-bond donors (Lipinski definition) is 2. The van der Waals surface area contributed by atoms with Crippen LogP contribution in [0.4, 0.5) is 23.2 Å². The SMILES string of the molecule is O=C(NC1CCC(Nc2cc(C3CC3)nc(C(F)(F)F)c2)CC1)c1ccc(F)cc1. The van der Waals surface area contributed by atoms with E-state index in [9.17, 15) is 22.4 Å². The first kappa shape index (κ1) is 20.6. The Labute approximate surface area is 172 Å². The Morgan fingerprint density at radius 1 is 0.933 bits per heavy atom. The first-order chi connectivity index (χ1) is 14.3. The van der Waals surface area contributed by atoms with Crippen molar-refractivity contribution in [2.75, 3.05) is 5.32 Å². The van der Waals surface area contributed by atoms with Gasteiger partial charge in [0.15, 0.2) is 0 Å². The summed E-state index contributed by atoms with van der Waals surface area (Å²) in [7, 11) is 0. The number of rotatable bonds is 5. The van der Waals surface area contributed by atoms with Crippen LogP contribution in [0.2, 0.25) is 0 Å². The van der Waals surface area contributed by atoms with Crippen molar-refractivity contribution in [2.45, 2.75) is 62.7 Å². The van der Waals surface area contributed by atoms with Crippen molar-refractivity contribution >= 4 is 11.6 Å². The van der Waals surface area contributed by atoms with Crippen molar-refractivity contribution < 1.29 is 22.4 Å². The number of carbonyl (C=O) groups excluding carboxylic acids is 1. The first-order valence-electron chi connectivity index (χ1n) is 10.2. The van der Waals surface area contributed by atoms with Gasteiger partial charge >= 0.3 is 6.18 Å². The van der Waals surface area contributed by atoms with Gasteiger partial charge in [0, 0.05) is 34.9 Å². The molecule has 0 radical (unpaired) electrons. The zero-order chi connectivity index (χ0) is 21.3. The van der Waals surface area contributed by atoms with Crippen molar-refractivity contribution in [3.05, 3.63) is 59.2 Å². The van der Waals surface area contributed by atoms with Gasteiger partial charge in [-0.25, -0.2) is 9.37 Å². The van der Waals surface area contributed by atoms with Crippen molar-refractivity contribution in [3.63, 3.8) is 0 Å². The molecule has 1 heterocycles. The molecule has 2 aromatic rings. The van der Waals surface area contributed by atoms with Crippen LogP contribution >= 0.6 is 0 Å². The molecule has 0 saturated heterocycles. The molecule has 2 fully saturated rings. The molecule has 1 aromatic carbocycles. The third-order valence-electron chi connectivity index (χ3n) is 5.67. The minimum absolute atomic E-state index is 0.00851. The molecule has 8 heteroatoms. The predicted molar refractivity (Wildman–Crippen MR) is 105 cm³/mol. The Morgan fingerprint density at radius 3 is 2.17 bits per heavy atom. The lowest BCUT2D eigenvalue weighted by Gasteiger charge is -2.30. The number of benzene rings is 1. The molecule has 160 valence electrons. The molecule has 0 unspecified atom stereocenters.